The van der Waals surface area contributed by atoms with Crippen LogP contribution in [-0.2, 0) is 0 Å². The lowest BCUT2D eigenvalue weighted by atomic mass is 10.2. The average Bonchev–Trinajstić information content (AvgIpc) is 2.21. The summed E-state index contributed by atoms with van der Waals surface area (Å²) in [5.74, 6) is 1.36. The molecule has 1 heterocycles. The molecule has 0 aliphatic heterocycles. The molecule has 0 saturated carbocycles. The molecule has 0 saturated heterocycles. The monoisotopic (exact) mass is 233 g/mol. The van der Waals surface area contributed by atoms with Gasteiger partial charge in [0.1, 0.15) is 0 Å². The molecule has 0 unspecified atom stereocenters. The van der Waals surface area contributed by atoms with Crippen LogP contribution in [0.1, 0.15) is 19.3 Å². The molecule has 5 heteroatoms. The first kappa shape index (κ1) is 11.5. The molecular weight excluding hydrogens is 221 g/mol. The van der Waals surface area contributed by atoms with Crippen LogP contribution >= 0.6 is 23.2 Å². The van der Waals surface area contributed by atoms with Crippen LogP contribution < -0.4 is 5.32 Å². The summed E-state index contributed by atoms with van der Waals surface area (Å²) in [5.41, 5.74) is 0. The minimum absolute atomic E-state index is 0.553. The Kier molecular flexibility index (Phi) is 5.64. The molecule has 1 rings (SSSR count). The molecule has 0 aliphatic rings. The van der Waals surface area contributed by atoms with Crippen molar-refractivity contribution in [1.29, 1.82) is 0 Å². The van der Waals surface area contributed by atoms with Crippen LogP contribution in [0.15, 0.2) is 12.4 Å². The van der Waals surface area contributed by atoms with E-state index in [1.165, 1.54) is 0 Å². The zero-order valence-corrected chi connectivity index (χ0v) is 9.35. The first-order valence-electron chi connectivity index (χ1n) is 4.60. The van der Waals surface area contributed by atoms with Gasteiger partial charge in [0.15, 0.2) is 0 Å². The molecule has 0 amide bonds. The fourth-order valence-electron chi connectivity index (χ4n) is 1.00. The van der Waals surface area contributed by atoms with Crippen LogP contribution in [0.5, 0.6) is 0 Å². The fraction of sp³-hybridized carbons (Fsp3) is 0.556. The zero-order valence-electron chi connectivity index (χ0n) is 7.84. The first-order chi connectivity index (χ1) is 6.83. The molecule has 0 spiro atoms. The molecule has 1 aromatic rings. The van der Waals surface area contributed by atoms with Gasteiger partial charge in [-0.25, -0.2) is 9.97 Å². The van der Waals surface area contributed by atoms with Gasteiger partial charge in [-0.1, -0.05) is 18.0 Å². The van der Waals surface area contributed by atoms with E-state index in [0.29, 0.717) is 11.0 Å². The van der Waals surface area contributed by atoms with E-state index in [1.807, 2.05) is 0 Å². The number of nitrogens with one attached hydrogen (secondary N) is 1. The maximum absolute atomic E-state index is 5.65. The van der Waals surface area contributed by atoms with Gasteiger partial charge in [-0.15, -0.1) is 11.6 Å². The summed E-state index contributed by atoms with van der Waals surface area (Å²) in [6.45, 7) is 0.874. The van der Waals surface area contributed by atoms with E-state index in [1.54, 1.807) is 12.4 Å². The topological polar surface area (TPSA) is 37.8 Å². The van der Waals surface area contributed by atoms with Crippen molar-refractivity contribution in [3.63, 3.8) is 0 Å². The Morgan fingerprint density at radius 2 is 1.86 bits per heavy atom. The Labute approximate surface area is 93.9 Å². The van der Waals surface area contributed by atoms with Crippen molar-refractivity contribution in [3.05, 3.63) is 17.4 Å². The van der Waals surface area contributed by atoms with Crippen LogP contribution in [-0.4, -0.2) is 22.4 Å². The molecule has 14 heavy (non-hydrogen) atoms. The molecule has 3 nitrogen and oxygen atoms in total. The second-order valence-electron chi connectivity index (χ2n) is 2.90. The summed E-state index contributed by atoms with van der Waals surface area (Å²) < 4.78 is 0. The van der Waals surface area contributed by atoms with Gasteiger partial charge in [0.25, 0.3) is 0 Å². The molecule has 0 radical (unpaired) electrons. The molecule has 1 N–H and O–H groups in total. The van der Waals surface area contributed by atoms with Gasteiger partial charge in [0.05, 0.1) is 17.4 Å². The number of nitrogens with zero attached hydrogens (tertiary/aromatic N) is 2. The van der Waals surface area contributed by atoms with Gasteiger partial charge in [-0.05, 0) is 12.8 Å². The van der Waals surface area contributed by atoms with E-state index in [4.69, 9.17) is 23.2 Å². The van der Waals surface area contributed by atoms with Crippen molar-refractivity contribution in [2.75, 3.05) is 17.7 Å². The minimum atomic E-state index is 0.553. The van der Waals surface area contributed by atoms with Crippen LogP contribution in [0.3, 0.4) is 0 Å². The van der Waals surface area contributed by atoms with Crippen molar-refractivity contribution in [2.45, 2.75) is 19.3 Å². The third-order valence-electron chi connectivity index (χ3n) is 1.71. The first-order valence-corrected chi connectivity index (χ1v) is 5.51. The van der Waals surface area contributed by atoms with Crippen LogP contribution in [0.25, 0.3) is 0 Å². The summed E-state index contributed by atoms with van der Waals surface area (Å²) in [6.07, 6.45) is 6.43. The summed E-state index contributed by atoms with van der Waals surface area (Å²) in [7, 11) is 0. The van der Waals surface area contributed by atoms with Crippen molar-refractivity contribution in [1.82, 2.24) is 9.97 Å². The molecule has 0 aliphatic carbocycles. The highest BCUT2D eigenvalue weighted by atomic mass is 35.5. The Bertz CT molecular complexity index is 251. The minimum Gasteiger partial charge on any atom is -0.354 e. The Hall–Kier alpha value is -0.540. The molecule has 0 bridgehead atoms. The smallest absolute Gasteiger partial charge is 0.222 e. The molecule has 0 fully saturated rings. The van der Waals surface area contributed by atoms with E-state index in [-0.39, 0.29) is 0 Å². The van der Waals surface area contributed by atoms with Crippen molar-refractivity contribution >= 4 is 29.2 Å². The van der Waals surface area contributed by atoms with E-state index >= 15 is 0 Å². The van der Waals surface area contributed by atoms with Gasteiger partial charge in [0, 0.05) is 12.4 Å². The lowest BCUT2D eigenvalue weighted by molar-refractivity contribution is 0.744. The summed E-state index contributed by atoms with van der Waals surface area (Å²) in [4.78, 5) is 8.03. The highest BCUT2D eigenvalue weighted by Gasteiger charge is 1.94. The van der Waals surface area contributed by atoms with Crippen molar-refractivity contribution in [3.8, 4) is 0 Å². The quantitative estimate of drug-likeness (QED) is 0.607. The predicted octanol–water partition coefficient (Wildman–Crippen LogP) is 2.95. The maximum Gasteiger partial charge on any atom is 0.222 e. The largest absolute Gasteiger partial charge is 0.354 e. The number of anilines is 1. The second kappa shape index (κ2) is 6.85. The Morgan fingerprint density at radius 1 is 1.14 bits per heavy atom. The molecule has 78 valence electrons. The highest BCUT2D eigenvalue weighted by Crippen LogP contribution is 2.05. The maximum atomic E-state index is 5.65. The summed E-state index contributed by atoms with van der Waals surface area (Å²) in [5, 5.41) is 3.66. The van der Waals surface area contributed by atoms with Crippen molar-refractivity contribution < 1.29 is 0 Å². The number of hydrogen-bond acceptors (Lipinski definition) is 3. The van der Waals surface area contributed by atoms with Crippen molar-refractivity contribution in [2.24, 2.45) is 0 Å². The van der Waals surface area contributed by atoms with E-state index in [2.05, 4.69) is 15.3 Å². The fourth-order valence-corrected chi connectivity index (χ4v) is 1.29. The number of unbranched alkanes of at least 4 members (excludes halogenated alkanes) is 2. The lowest BCUT2D eigenvalue weighted by Gasteiger charge is -2.03. The average molecular weight is 234 g/mol. The van der Waals surface area contributed by atoms with Crippen LogP contribution in [0, 0.1) is 0 Å². The van der Waals surface area contributed by atoms with Gasteiger partial charge in [-0.2, -0.15) is 0 Å². The Balaban J connectivity index is 2.15. The van der Waals surface area contributed by atoms with E-state index in [0.717, 1.165) is 31.7 Å². The number of alkyl halides is 1. The number of halogens is 2. The van der Waals surface area contributed by atoms with Gasteiger partial charge >= 0.3 is 0 Å². The van der Waals surface area contributed by atoms with Crippen LogP contribution in [0.4, 0.5) is 5.95 Å². The third-order valence-corrected chi connectivity index (χ3v) is 2.18. The van der Waals surface area contributed by atoms with E-state index in [9.17, 15) is 0 Å². The highest BCUT2D eigenvalue weighted by molar-refractivity contribution is 6.30. The molecule has 1 aromatic heterocycles. The van der Waals surface area contributed by atoms with Gasteiger partial charge < -0.3 is 5.32 Å². The second-order valence-corrected chi connectivity index (χ2v) is 3.72. The Morgan fingerprint density at radius 3 is 2.50 bits per heavy atom. The molecular formula is C9H13Cl2N3. The number of hydrogen-bond donors (Lipinski definition) is 1. The molecule has 0 aromatic carbocycles. The SMILES string of the molecule is ClCCCCCNc1ncc(Cl)cn1. The summed E-state index contributed by atoms with van der Waals surface area (Å²) in [6, 6.07) is 0. The summed E-state index contributed by atoms with van der Waals surface area (Å²) >= 11 is 11.2. The van der Waals surface area contributed by atoms with Gasteiger partial charge in [-0.3, -0.25) is 0 Å². The number of aromatic nitrogens is 2. The molecule has 0 atom stereocenters. The third kappa shape index (κ3) is 4.63. The number of rotatable bonds is 6. The predicted molar refractivity (Wildman–Crippen MR) is 60.1 cm³/mol. The normalized spacial score (nSPS) is 10.1. The standard InChI is InChI=1S/C9H13Cl2N3/c10-4-2-1-3-5-12-9-13-6-8(11)7-14-9/h6-7H,1-5H2,(H,12,13,14). The van der Waals surface area contributed by atoms with E-state index < -0.39 is 0 Å². The van der Waals surface area contributed by atoms with Gasteiger partial charge in [0.2, 0.25) is 5.95 Å². The lowest BCUT2D eigenvalue weighted by Crippen LogP contribution is -2.04. The zero-order chi connectivity index (χ0) is 10.2. The van der Waals surface area contributed by atoms with Crippen LogP contribution in [0.2, 0.25) is 5.02 Å².